The van der Waals surface area contributed by atoms with Gasteiger partial charge in [0.15, 0.2) is 0 Å². The number of thiazole rings is 1. The highest BCUT2D eigenvalue weighted by Gasteiger charge is 2.36. The van der Waals surface area contributed by atoms with Crippen LogP contribution >= 0.6 is 11.3 Å². The maximum Gasteiger partial charge on any atom is 0.299 e. The zero-order valence-corrected chi connectivity index (χ0v) is 9.91. The number of nitrogens with zero attached hydrogens (tertiary/aromatic N) is 2. The van der Waals surface area contributed by atoms with Gasteiger partial charge >= 0.3 is 0 Å². The molecule has 2 aromatic rings. The second-order valence-corrected chi connectivity index (χ2v) is 4.82. The second kappa shape index (κ2) is 3.99. The molecule has 1 aromatic heterocycles. The zero-order valence-electron chi connectivity index (χ0n) is 9.09. The smallest absolute Gasteiger partial charge is 0.299 e. The van der Waals surface area contributed by atoms with E-state index in [1.165, 1.54) is 28.4 Å². The van der Waals surface area contributed by atoms with Gasteiger partial charge in [-0.1, -0.05) is 0 Å². The van der Waals surface area contributed by atoms with Crippen molar-refractivity contribution >= 4 is 28.7 Å². The lowest BCUT2D eigenvalue weighted by Gasteiger charge is -2.14. The predicted molar refractivity (Wildman–Crippen MR) is 64.0 cm³/mol. The number of Topliss-reactive ketones (excluding diaryl/α,β-unsaturated/α-hetero) is 1. The molecule has 1 aliphatic heterocycles. The lowest BCUT2D eigenvalue weighted by atomic mass is 10.1. The Morgan fingerprint density at radius 1 is 1.33 bits per heavy atom. The van der Waals surface area contributed by atoms with Crippen LogP contribution in [0, 0.1) is 5.82 Å². The first-order valence-corrected chi connectivity index (χ1v) is 6.08. The Bertz CT molecular complexity index is 640. The molecule has 0 fully saturated rings. The lowest BCUT2D eigenvalue weighted by Crippen LogP contribution is -2.28. The fourth-order valence-corrected chi connectivity index (χ4v) is 2.49. The Balaban J connectivity index is 2.02. The van der Waals surface area contributed by atoms with Crippen LogP contribution in [0.25, 0.3) is 0 Å². The number of fused-ring (bicyclic) bond motifs is 1. The number of hydrogen-bond acceptors (Lipinski definition) is 4. The summed E-state index contributed by atoms with van der Waals surface area (Å²) in [6.45, 7) is 0.286. The van der Waals surface area contributed by atoms with Crippen LogP contribution in [-0.4, -0.2) is 16.7 Å². The van der Waals surface area contributed by atoms with E-state index in [4.69, 9.17) is 0 Å². The number of anilines is 1. The molecule has 4 nitrogen and oxygen atoms in total. The molecule has 3 rings (SSSR count). The van der Waals surface area contributed by atoms with Crippen molar-refractivity contribution in [2.45, 2.75) is 6.54 Å². The number of amides is 1. The SMILES string of the molecule is O=C1C(=O)N(Cc2cncs2)c2ccc(F)cc21. The number of aromatic nitrogens is 1. The molecule has 0 unspecified atom stereocenters. The van der Waals surface area contributed by atoms with Crippen LogP contribution in [0.4, 0.5) is 10.1 Å². The Morgan fingerprint density at radius 3 is 2.89 bits per heavy atom. The molecule has 0 bridgehead atoms. The molecule has 0 N–H and O–H groups in total. The molecular formula is C12H7FN2O2S. The molecule has 2 heterocycles. The number of carbonyl (C=O) groups excluding carboxylic acids is 2. The minimum atomic E-state index is -0.658. The van der Waals surface area contributed by atoms with Crippen molar-refractivity contribution < 1.29 is 14.0 Å². The van der Waals surface area contributed by atoms with Gasteiger partial charge < -0.3 is 0 Å². The summed E-state index contributed by atoms with van der Waals surface area (Å²) in [4.78, 5) is 29.7. The molecule has 1 aromatic carbocycles. The maximum absolute atomic E-state index is 13.1. The molecule has 0 saturated heterocycles. The minimum absolute atomic E-state index is 0.129. The summed E-state index contributed by atoms with van der Waals surface area (Å²) in [6.07, 6.45) is 1.64. The van der Waals surface area contributed by atoms with E-state index in [1.807, 2.05) is 0 Å². The van der Waals surface area contributed by atoms with Gasteiger partial charge in [-0.15, -0.1) is 11.3 Å². The van der Waals surface area contributed by atoms with Crippen LogP contribution in [0.15, 0.2) is 29.9 Å². The lowest BCUT2D eigenvalue weighted by molar-refractivity contribution is -0.114. The number of hydrogen-bond donors (Lipinski definition) is 0. The van der Waals surface area contributed by atoms with E-state index in [9.17, 15) is 14.0 Å². The van der Waals surface area contributed by atoms with Crippen molar-refractivity contribution in [1.82, 2.24) is 4.98 Å². The van der Waals surface area contributed by atoms with Gasteiger partial charge in [0, 0.05) is 11.1 Å². The summed E-state index contributed by atoms with van der Waals surface area (Å²) >= 11 is 1.40. The normalized spacial score (nSPS) is 14.2. The Morgan fingerprint density at radius 2 is 2.17 bits per heavy atom. The zero-order chi connectivity index (χ0) is 12.7. The third-order valence-electron chi connectivity index (χ3n) is 2.73. The van der Waals surface area contributed by atoms with Crippen molar-refractivity contribution in [3.8, 4) is 0 Å². The fraction of sp³-hybridized carbons (Fsp3) is 0.0833. The first-order chi connectivity index (χ1) is 8.66. The molecule has 0 saturated carbocycles. The second-order valence-electron chi connectivity index (χ2n) is 3.85. The average Bonchev–Trinajstić information content (AvgIpc) is 2.94. The van der Waals surface area contributed by atoms with Crippen LogP contribution in [0.1, 0.15) is 15.2 Å². The van der Waals surface area contributed by atoms with Crippen LogP contribution in [0.5, 0.6) is 0 Å². The van der Waals surface area contributed by atoms with Crippen molar-refractivity contribution in [1.29, 1.82) is 0 Å². The van der Waals surface area contributed by atoms with Crippen LogP contribution in [0.3, 0.4) is 0 Å². The van der Waals surface area contributed by atoms with E-state index in [2.05, 4.69) is 4.98 Å². The molecule has 0 atom stereocenters. The van der Waals surface area contributed by atoms with Crippen LogP contribution in [-0.2, 0) is 11.3 Å². The average molecular weight is 262 g/mol. The van der Waals surface area contributed by atoms with Gasteiger partial charge in [-0.2, -0.15) is 0 Å². The van der Waals surface area contributed by atoms with Gasteiger partial charge in [-0.3, -0.25) is 19.5 Å². The Kier molecular flexibility index (Phi) is 2.45. The van der Waals surface area contributed by atoms with E-state index >= 15 is 0 Å². The number of halogens is 1. The molecule has 1 amide bonds. The van der Waals surface area contributed by atoms with Crippen LogP contribution < -0.4 is 4.90 Å². The number of benzene rings is 1. The topological polar surface area (TPSA) is 50.3 Å². The standard InChI is InChI=1S/C12H7FN2O2S/c13-7-1-2-10-9(3-7)11(16)12(17)15(10)5-8-4-14-6-18-8/h1-4,6H,5H2. The highest BCUT2D eigenvalue weighted by molar-refractivity contribution is 7.09. The van der Waals surface area contributed by atoms with Crippen molar-refractivity contribution in [2.75, 3.05) is 4.90 Å². The maximum atomic E-state index is 13.1. The first-order valence-electron chi connectivity index (χ1n) is 5.20. The number of rotatable bonds is 2. The van der Waals surface area contributed by atoms with Gasteiger partial charge in [0.25, 0.3) is 11.7 Å². The number of ketones is 1. The minimum Gasteiger partial charge on any atom is -0.299 e. The third-order valence-corrected chi connectivity index (χ3v) is 3.50. The van der Waals surface area contributed by atoms with Gasteiger partial charge in [-0.25, -0.2) is 4.39 Å². The molecular weight excluding hydrogens is 255 g/mol. The third kappa shape index (κ3) is 1.62. The molecule has 90 valence electrons. The van der Waals surface area contributed by atoms with Crippen LogP contribution in [0.2, 0.25) is 0 Å². The van der Waals surface area contributed by atoms with Gasteiger partial charge in [0.1, 0.15) is 5.82 Å². The predicted octanol–water partition coefficient (Wildman–Crippen LogP) is 2.01. The highest BCUT2D eigenvalue weighted by Crippen LogP contribution is 2.31. The highest BCUT2D eigenvalue weighted by atomic mass is 32.1. The van der Waals surface area contributed by atoms with Gasteiger partial charge in [-0.05, 0) is 18.2 Å². The van der Waals surface area contributed by atoms with Crippen molar-refractivity contribution in [3.63, 3.8) is 0 Å². The monoisotopic (exact) mass is 262 g/mol. The van der Waals surface area contributed by atoms with E-state index < -0.39 is 17.5 Å². The summed E-state index contributed by atoms with van der Waals surface area (Å²) in [5.74, 6) is -1.80. The summed E-state index contributed by atoms with van der Waals surface area (Å²) in [5.41, 5.74) is 2.24. The first kappa shape index (κ1) is 11.0. The van der Waals surface area contributed by atoms with Crippen molar-refractivity contribution in [2.24, 2.45) is 0 Å². The summed E-state index contributed by atoms with van der Waals surface area (Å²) in [5, 5.41) is 0. The Hall–Kier alpha value is -2.08. The molecule has 1 aliphatic rings. The molecule has 0 aliphatic carbocycles. The quantitative estimate of drug-likeness (QED) is 0.778. The summed E-state index contributed by atoms with van der Waals surface area (Å²) < 4.78 is 13.1. The van der Waals surface area contributed by atoms with Gasteiger partial charge in [0.2, 0.25) is 0 Å². The van der Waals surface area contributed by atoms with E-state index in [-0.39, 0.29) is 12.1 Å². The van der Waals surface area contributed by atoms with E-state index in [0.29, 0.717) is 5.69 Å². The molecule has 18 heavy (non-hydrogen) atoms. The largest absolute Gasteiger partial charge is 0.299 e. The summed E-state index contributed by atoms with van der Waals surface area (Å²) in [7, 11) is 0. The molecule has 0 radical (unpaired) electrons. The molecule has 0 spiro atoms. The molecule has 6 heteroatoms. The summed E-state index contributed by atoms with van der Waals surface area (Å²) in [6, 6.07) is 3.79. The van der Waals surface area contributed by atoms with E-state index in [1.54, 1.807) is 11.7 Å². The van der Waals surface area contributed by atoms with E-state index in [0.717, 1.165) is 10.9 Å². The van der Waals surface area contributed by atoms with Gasteiger partial charge in [0.05, 0.1) is 23.3 Å². The fourth-order valence-electron chi connectivity index (χ4n) is 1.91. The Labute approximate surface area is 106 Å². The van der Waals surface area contributed by atoms with Crippen molar-refractivity contribution in [3.05, 3.63) is 46.2 Å². The number of carbonyl (C=O) groups is 2.